The minimum Gasteiger partial charge on any atom is -0.375 e. The molecule has 2 aliphatic heterocycles. The second-order valence-corrected chi connectivity index (χ2v) is 2.97. The van der Waals surface area contributed by atoms with Crippen LogP contribution in [0.2, 0.25) is 0 Å². The molecule has 2 aliphatic rings. The average molecular weight is 128 g/mol. The van der Waals surface area contributed by atoms with Crippen molar-refractivity contribution in [1.82, 2.24) is 0 Å². The maximum atomic E-state index is 5.46. The molecule has 0 aromatic carbocycles. The van der Waals surface area contributed by atoms with Crippen LogP contribution in [-0.2, 0) is 9.47 Å². The summed E-state index contributed by atoms with van der Waals surface area (Å²) in [7, 11) is 0. The van der Waals surface area contributed by atoms with Crippen LogP contribution in [0.3, 0.4) is 0 Å². The lowest BCUT2D eigenvalue weighted by atomic mass is 10.1. The third-order valence-electron chi connectivity index (χ3n) is 2.21. The van der Waals surface area contributed by atoms with Gasteiger partial charge in [-0.1, -0.05) is 6.92 Å². The van der Waals surface area contributed by atoms with Gasteiger partial charge in [-0.3, -0.25) is 0 Å². The van der Waals surface area contributed by atoms with Crippen molar-refractivity contribution in [2.75, 3.05) is 13.2 Å². The number of fused-ring (bicyclic) bond motifs is 1. The van der Waals surface area contributed by atoms with Crippen LogP contribution in [0, 0.1) is 5.92 Å². The van der Waals surface area contributed by atoms with Gasteiger partial charge in [0.2, 0.25) is 0 Å². The molecule has 2 saturated heterocycles. The van der Waals surface area contributed by atoms with E-state index in [0.29, 0.717) is 18.1 Å². The van der Waals surface area contributed by atoms with Gasteiger partial charge in [-0.25, -0.2) is 0 Å². The molecule has 2 fully saturated rings. The van der Waals surface area contributed by atoms with Gasteiger partial charge in [0.1, 0.15) is 0 Å². The van der Waals surface area contributed by atoms with E-state index in [2.05, 4.69) is 6.92 Å². The summed E-state index contributed by atoms with van der Waals surface area (Å²) in [5.74, 6) is 0.623. The highest BCUT2D eigenvalue weighted by molar-refractivity contribution is 4.86. The second-order valence-electron chi connectivity index (χ2n) is 2.97. The fourth-order valence-electron chi connectivity index (χ4n) is 1.67. The van der Waals surface area contributed by atoms with E-state index in [0.717, 1.165) is 19.6 Å². The van der Waals surface area contributed by atoms with E-state index in [-0.39, 0.29) is 0 Å². The van der Waals surface area contributed by atoms with E-state index < -0.39 is 0 Å². The summed E-state index contributed by atoms with van der Waals surface area (Å²) in [6.45, 7) is 3.99. The van der Waals surface area contributed by atoms with Crippen LogP contribution in [0.5, 0.6) is 0 Å². The molecule has 0 aliphatic carbocycles. The second kappa shape index (κ2) is 1.96. The van der Waals surface area contributed by atoms with Crippen LogP contribution < -0.4 is 0 Å². The highest BCUT2D eigenvalue weighted by atomic mass is 16.6. The van der Waals surface area contributed by atoms with Crippen LogP contribution in [-0.4, -0.2) is 25.4 Å². The van der Waals surface area contributed by atoms with Crippen molar-refractivity contribution in [3.05, 3.63) is 0 Å². The van der Waals surface area contributed by atoms with Gasteiger partial charge in [-0.05, 0) is 6.42 Å². The highest BCUT2D eigenvalue weighted by Crippen LogP contribution is 2.29. The van der Waals surface area contributed by atoms with Crippen molar-refractivity contribution in [3.63, 3.8) is 0 Å². The Hall–Kier alpha value is -0.0800. The molecule has 52 valence electrons. The van der Waals surface area contributed by atoms with Crippen molar-refractivity contribution >= 4 is 0 Å². The van der Waals surface area contributed by atoms with Crippen molar-refractivity contribution in [2.24, 2.45) is 5.92 Å². The van der Waals surface area contributed by atoms with Crippen LogP contribution in [0.4, 0.5) is 0 Å². The Balaban J connectivity index is 2.07. The summed E-state index contributed by atoms with van der Waals surface area (Å²) in [5.41, 5.74) is 0. The number of ether oxygens (including phenoxy) is 2. The molecule has 0 aromatic rings. The lowest BCUT2D eigenvalue weighted by Gasteiger charge is -2.08. The first-order valence-electron chi connectivity index (χ1n) is 3.61. The zero-order valence-corrected chi connectivity index (χ0v) is 5.67. The Labute approximate surface area is 55.1 Å². The van der Waals surface area contributed by atoms with Crippen LogP contribution >= 0.6 is 0 Å². The van der Waals surface area contributed by atoms with Crippen LogP contribution in [0.15, 0.2) is 0 Å². The summed E-state index contributed by atoms with van der Waals surface area (Å²) in [4.78, 5) is 0. The van der Waals surface area contributed by atoms with Crippen LogP contribution in [0.25, 0.3) is 0 Å². The van der Waals surface area contributed by atoms with Crippen molar-refractivity contribution in [1.29, 1.82) is 0 Å². The van der Waals surface area contributed by atoms with E-state index in [1.165, 1.54) is 0 Å². The van der Waals surface area contributed by atoms with E-state index >= 15 is 0 Å². The molecular formula is C7H12O2. The molecule has 0 saturated carbocycles. The van der Waals surface area contributed by atoms with Gasteiger partial charge >= 0.3 is 0 Å². The minimum absolute atomic E-state index is 0.421. The van der Waals surface area contributed by atoms with Crippen molar-refractivity contribution < 1.29 is 9.47 Å². The lowest BCUT2D eigenvalue weighted by Crippen LogP contribution is -2.19. The number of hydrogen-bond acceptors (Lipinski definition) is 2. The van der Waals surface area contributed by atoms with Gasteiger partial charge < -0.3 is 9.47 Å². The molecule has 0 radical (unpaired) electrons. The molecule has 2 nitrogen and oxygen atoms in total. The topological polar surface area (TPSA) is 18.5 Å². The van der Waals surface area contributed by atoms with Crippen LogP contribution in [0.1, 0.15) is 13.3 Å². The standard InChI is InChI=1S/C7H12O2/c1-5-4-9-6-2-3-8-7(5)6/h5-7H,2-4H2,1H3/t5-,6+,7?/m1/s1. The zero-order valence-electron chi connectivity index (χ0n) is 5.67. The molecule has 0 aromatic heterocycles. The summed E-state index contributed by atoms with van der Waals surface area (Å²) in [6, 6.07) is 0. The molecule has 0 amide bonds. The molecule has 3 atom stereocenters. The smallest absolute Gasteiger partial charge is 0.0884 e. The molecule has 0 N–H and O–H groups in total. The van der Waals surface area contributed by atoms with Gasteiger partial charge in [0, 0.05) is 12.5 Å². The molecule has 0 bridgehead atoms. The monoisotopic (exact) mass is 128 g/mol. The zero-order chi connectivity index (χ0) is 6.27. The lowest BCUT2D eigenvalue weighted by molar-refractivity contribution is 0.0658. The molecule has 2 rings (SSSR count). The first-order valence-corrected chi connectivity index (χ1v) is 3.61. The SMILES string of the molecule is C[C@@H]1CO[C@H]2CCOC12. The highest BCUT2D eigenvalue weighted by Gasteiger charge is 2.38. The largest absolute Gasteiger partial charge is 0.375 e. The predicted octanol–water partition coefficient (Wildman–Crippen LogP) is 0.810. The van der Waals surface area contributed by atoms with Gasteiger partial charge in [0.25, 0.3) is 0 Å². The Morgan fingerprint density at radius 3 is 3.00 bits per heavy atom. The first kappa shape index (κ1) is 5.69. The normalized spacial score (nSPS) is 49.7. The maximum absolute atomic E-state index is 5.46. The molecule has 9 heavy (non-hydrogen) atoms. The maximum Gasteiger partial charge on any atom is 0.0884 e. The molecule has 0 spiro atoms. The Morgan fingerprint density at radius 1 is 1.33 bits per heavy atom. The number of rotatable bonds is 0. The molecule has 1 unspecified atom stereocenters. The average Bonchev–Trinajstić information content (AvgIpc) is 2.35. The fourth-order valence-corrected chi connectivity index (χ4v) is 1.67. The minimum atomic E-state index is 0.421. The number of hydrogen-bond donors (Lipinski definition) is 0. The quantitative estimate of drug-likeness (QED) is 0.480. The Morgan fingerprint density at radius 2 is 2.22 bits per heavy atom. The van der Waals surface area contributed by atoms with E-state index in [1.807, 2.05) is 0 Å². The van der Waals surface area contributed by atoms with Crippen molar-refractivity contribution in [2.45, 2.75) is 25.6 Å². The van der Waals surface area contributed by atoms with Gasteiger partial charge in [-0.2, -0.15) is 0 Å². The van der Waals surface area contributed by atoms with Gasteiger partial charge in [0.05, 0.1) is 18.8 Å². The Bertz CT molecular complexity index is 113. The fraction of sp³-hybridized carbons (Fsp3) is 1.00. The first-order chi connectivity index (χ1) is 4.38. The third kappa shape index (κ3) is 0.775. The summed E-state index contributed by atoms with van der Waals surface area (Å²) in [5, 5.41) is 0. The summed E-state index contributed by atoms with van der Waals surface area (Å²) < 4.78 is 10.9. The van der Waals surface area contributed by atoms with Gasteiger partial charge in [0.15, 0.2) is 0 Å². The summed E-state index contributed by atoms with van der Waals surface area (Å²) >= 11 is 0. The molecule has 2 heterocycles. The Kier molecular flexibility index (Phi) is 1.24. The van der Waals surface area contributed by atoms with E-state index in [4.69, 9.17) is 9.47 Å². The third-order valence-corrected chi connectivity index (χ3v) is 2.21. The van der Waals surface area contributed by atoms with E-state index in [1.54, 1.807) is 0 Å². The van der Waals surface area contributed by atoms with E-state index in [9.17, 15) is 0 Å². The summed E-state index contributed by atoms with van der Waals surface area (Å²) in [6.07, 6.45) is 1.96. The van der Waals surface area contributed by atoms with Crippen molar-refractivity contribution in [3.8, 4) is 0 Å². The predicted molar refractivity (Wildman–Crippen MR) is 33.3 cm³/mol. The van der Waals surface area contributed by atoms with Gasteiger partial charge in [-0.15, -0.1) is 0 Å². The molecular weight excluding hydrogens is 116 g/mol. The molecule has 2 heteroatoms.